The number of alkyl halides is 2. The molecule has 0 radical (unpaired) electrons. The molecular weight excluding hydrogens is 269 g/mol. The van der Waals surface area contributed by atoms with Crippen molar-refractivity contribution in [3.8, 4) is 0 Å². The fraction of sp³-hybridized carbons (Fsp3) is 0.778. The molecule has 0 bridgehead atoms. The van der Waals surface area contributed by atoms with Crippen molar-refractivity contribution in [2.75, 3.05) is 5.33 Å². The van der Waals surface area contributed by atoms with E-state index in [9.17, 15) is 4.79 Å². The predicted octanol–water partition coefficient (Wildman–Crippen LogP) is 2.85. The van der Waals surface area contributed by atoms with Crippen molar-refractivity contribution in [1.82, 2.24) is 0 Å². The molecule has 0 saturated heterocycles. The third-order valence-corrected chi connectivity index (χ3v) is 3.05. The Morgan fingerprint density at radius 2 is 2.36 bits per heavy atom. The molecule has 0 heterocycles. The smallest absolute Gasteiger partial charge is 0.317 e. The zero-order valence-corrected chi connectivity index (χ0v) is 10.2. The van der Waals surface area contributed by atoms with E-state index in [-0.39, 0.29) is 16.7 Å². The summed E-state index contributed by atoms with van der Waals surface area (Å²) in [6.45, 7) is 0. The van der Waals surface area contributed by atoms with Crippen molar-refractivity contribution in [3.63, 3.8) is 0 Å². The molecule has 1 rings (SSSR count). The predicted molar refractivity (Wildman–Crippen MR) is 60.0 cm³/mol. The van der Waals surface area contributed by atoms with E-state index >= 15 is 0 Å². The van der Waals surface area contributed by atoms with Gasteiger partial charge in [0, 0.05) is 0 Å². The minimum absolute atomic E-state index is 0.0689. The molecule has 1 saturated carbocycles. The third-order valence-electron chi connectivity index (χ3n) is 2.13. The quantitative estimate of drug-likeness (QED) is 0.338. The van der Waals surface area contributed by atoms with Crippen LogP contribution in [0.2, 0.25) is 0 Å². The van der Waals surface area contributed by atoms with Crippen LogP contribution in [0.15, 0.2) is 5.16 Å². The monoisotopic (exact) mass is 281 g/mol. The summed E-state index contributed by atoms with van der Waals surface area (Å²) in [6.07, 6.45) is 5.14. The molecule has 0 aromatic carbocycles. The van der Waals surface area contributed by atoms with E-state index in [1.165, 1.54) is 6.42 Å². The second-order valence-corrected chi connectivity index (χ2v) is 4.33. The lowest BCUT2D eigenvalue weighted by molar-refractivity contribution is -0.140. The van der Waals surface area contributed by atoms with Gasteiger partial charge in [-0.3, -0.25) is 0 Å². The van der Waals surface area contributed by atoms with Crippen LogP contribution >= 0.6 is 27.5 Å². The average Bonchev–Trinajstić information content (AvgIpc) is 2.39. The zero-order chi connectivity index (χ0) is 10.4. The molecular formula is C9H13BrClNO2. The first-order valence-corrected chi connectivity index (χ1v) is 6.26. The maximum Gasteiger partial charge on any atom is 0.345 e. The molecule has 0 aliphatic heterocycles. The number of hydrogen-bond acceptors (Lipinski definition) is 3. The molecule has 3 nitrogen and oxygen atoms in total. The van der Waals surface area contributed by atoms with Crippen LogP contribution in [0.25, 0.3) is 0 Å². The van der Waals surface area contributed by atoms with Gasteiger partial charge in [0.25, 0.3) is 0 Å². The Morgan fingerprint density at radius 1 is 1.57 bits per heavy atom. The van der Waals surface area contributed by atoms with Crippen LogP contribution in [0.3, 0.4) is 0 Å². The van der Waals surface area contributed by atoms with E-state index < -0.39 is 0 Å². The number of carbonyl (C=O) groups is 1. The molecule has 80 valence electrons. The number of halogens is 2. The average molecular weight is 283 g/mol. The minimum atomic E-state index is -0.384. The summed E-state index contributed by atoms with van der Waals surface area (Å²) in [5.74, 6) is -0.384. The molecule has 1 atom stereocenters. The van der Waals surface area contributed by atoms with E-state index in [1.54, 1.807) is 0 Å². The Kier molecular flexibility index (Phi) is 5.48. The third kappa shape index (κ3) is 3.96. The van der Waals surface area contributed by atoms with E-state index in [0.29, 0.717) is 0 Å². The molecule has 1 aliphatic carbocycles. The number of nitrogens with zero attached hydrogens (tertiary/aromatic N) is 1. The highest BCUT2D eigenvalue weighted by Crippen LogP contribution is 2.20. The van der Waals surface area contributed by atoms with E-state index in [0.717, 1.165) is 31.4 Å². The SMILES string of the molecule is O=C(CBr)ON=C1CCCCCC1Cl. The van der Waals surface area contributed by atoms with Gasteiger partial charge in [-0.2, -0.15) is 0 Å². The number of carbonyl (C=O) groups excluding carboxylic acids is 1. The second kappa shape index (κ2) is 6.40. The second-order valence-electron chi connectivity index (χ2n) is 3.25. The molecule has 5 heteroatoms. The number of hydrogen-bond donors (Lipinski definition) is 0. The van der Waals surface area contributed by atoms with Crippen molar-refractivity contribution < 1.29 is 9.63 Å². The Labute approximate surface area is 96.9 Å². The standard InChI is InChI=1S/C9H13BrClNO2/c10-6-9(13)14-12-8-5-3-1-2-4-7(8)11/h7H,1-6H2. The van der Waals surface area contributed by atoms with Gasteiger partial charge in [-0.15, -0.1) is 11.6 Å². The summed E-state index contributed by atoms with van der Waals surface area (Å²) in [6, 6.07) is 0. The molecule has 1 unspecified atom stereocenters. The molecule has 0 N–H and O–H groups in total. The molecule has 1 fully saturated rings. The minimum Gasteiger partial charge on any atom is -0.317 e. The van der Waals surface area contributed by atoms with Gasteiger partial charge in [0.1, 0.15) is 5.33 Å². The Bertz CT molecular complexity index is 233. The fourth-order valence-electron chi connectivity index (χ4n) is 1.37. The highest BCUT2D eigenvalue weighted by molar-refractivity contribution is 9.09. The van der Waals surface area contributed by atoms with Crippen LogP contribution in [-0.4, -0.2) is 22.4 Å². The van der Waals surface area contributed by atoms with Gasteiger partial charge in [0.05, 0.1) is 11.1 Å². The van der Waals surface area contributed by atoms with Crippen molar-refractivity contribution in [2.45, 2.75) is 37.5 Å². The van der Waals surface area contributed by atoms with Crippen molar-refractivity contribution >= 4 is 39.2 Å². The van der Waals surface area contributed by atoms with E-state index in [1.807, 2.05) is 0 Å². The normalized spacial score (nSPS) is 25.9. The van der Waals surface area contributed by atoms with Crippen LogP contribution in [0.4, 0.5) is 0 Å². The van der Waals surface area contributed by atoms with Gasteiger partial charge >= 0.3 is 5.97 Å². The topological polar surface area (TPSA) is 38.7 Å². The molecule has 1 aliphatic rings. The van der Waals surface area contributed by atoms with E-state index in [4.69, 9.17) is 11.6 Å². The summed E-state index contributed by atoms with van der Waals surface area (Å²) in [4.78, 5) is 15.5. The fourth-order valence-corrected chi connectivity index (χ4v) is 1.77. The first kappa shape index (κ1) is 12.0. The summed E-state index contributed by atoms with van der Waals surface area (Å²) in [5, 5.41) is 3.89. The molecule has 14 heavy (non-hydrogen) atoms. The van der Waals surface area contributed by atoms with Crippen LogP contribution < -0.4 is 0 Å². The van der Waals surface area contributed by atoms with Crippen LogP contribution in [0, 0.1) is 0 Å². The zero-order valence-electron chi connectivity index (χ0n) is 7.84. The van der Waals surface area contributed by atoms with Crippen molar-refractivity contribution in [2.24, 2.45) is 5.16 Å². The van der Waals surface area contributed by atoms with Crippen molar-refractivity contribution in [1.29, 1.82) is 0 Å². The summed E-state index contributed by atoms with van der Waals surface area (Å²) in [7, 11) is 0. The molecule has 0 spiro atoms. The lowest BCUT2D eigenvalue weighted by atomic mass is 10.2. The van der Waals surface area contributed by atoms with Crippen LogP contribution in [0.1, 0.15) is 32.1 Å². The van der Waals surface area contributed by atoms with Gasteiger partial charge in [0.15, 0.2) is 0 Å². The Hall–Kier alpha value is -0.0900. The summed E-state index contributed by atoms with van der Waals surface area (Å²) >= 11 is 9.07. The van der Waals surface area contributed by atoms with Crippen LogP contribution in [0.5, 0.6) is 0 Å². The Morgan fingerprint density at radius 3 is 3.07 bits per heavy atom. The molecule has 0 aromatic heterocycles. The highest BCUT2D eigenvalue weighted by Gasteiger charge is 2.17. The van der Waals surface area contributed by atoms with Crippen LogP contribution in [-0.2, 0) is 9.63 Å². The maximum atomic E-state index is 10.8. The van der Waals surface area contributed by atoms with Gasteiger partial charge in [0.2, 0.25) is 0 Å². The van der Waals surface area contributed by atoms with Gasteiger partial charge in [-0.1, -0.05) is 33.9 Å². The van der Waals surface area contributed by atoms with Gasteiger partial charge in [-0.05, 0) is 19.3 Å². The molecule has 0 amide bonds. The van der Waals surface area contributed by atoms with Gasteiger partial charge in [-0.25, -0.2) is 4.79 Å². The number of oxime groups is 1. The van der Waals surface area contributed by atoms with Gasteiger partial charge < -0.3 is 4.84 Å². The lowest BCUT2D eigenvalue weighted by Gasteiger charge is -2.06. The largest absolute Gasteiger partial charge is 0.345 e. The highest BCUT2D eigenvalue weighted by atomic mass is 79.9. The van der Waals surface area contributed by atoms with E-state index in [2.05, 4.69) is 25.9 Å². The maximum absolute atomic E-state index is 10.8. The first-order valence-electron chi connectivity index (χ1n) is 4.70. The first-order chi connectivity index (χ1) is 6.74. The Balaban J connectivity index is 2.50. The number of rotatable bonds is 2. The lowest BCUT2D eigenvalue weighted by Crippen LogP contribution is -2.14. The molecule has 0 aromatic rings. The summed E-state index contributed by atoms with van der Waals surface area (Å²) in [5.41, 5.74) is 0.804. The summed E-state index contributed by atoms with van der Waals surface area (Å²) < 4.78 is 0. The van der Waals surface area contributed by atoms with Crippen molar-refractivity contribution in [3.05, 3.63) is 0 Å².